The van der Waals surface area contributed by atoms with Crippen molar-refractivity contribution in [1.29, 1.82) is 0 Å². The van der Waals surface area contributed by atoms with E-state index in [0.717, 1.165) is 36.9 Å². The molecule has 0 N–H and O–H groups in total. The molecule has 28 heavy (non-hydrogen) atoms. The Morgan fingerprint density at radius 2 is 2.00 bits per heavy atom. The maximum Gasteiger partial charge on any atom is 0.349 e. The van der Waals surface area contributed by atoms with Crippen LogP contribution < -0.4 is 5.69 Å². The van der Waals surface area contributed by atoms with Gasteiger partial charge in [-0.3, -0.25) is 9.36 Å². The third kappa shape index (κ3) is 3.67. The lowest BCUT2D eigenvalue weighted by molar-refractivity contribution is -0.133. The summed E-state index contributed by atoms with van der Waals surface area (Å²) in [6.07, 6.45) is 2.14. The predicted molar refractivity (Wildman–Crippen MR) is 111 cm³/mol. The maximum atomic E-state index is 12.8. The number of aromatic nitrogens is 2. The van der Waals surface area contributed by atoms with Crippen LogP contribution in [0.5, 0.6) is 0 Å². The minimum Gasteiger partial charge on any atom is -0.341 e. The highest BCUT2D eigenvalue weighted by atomic mass is 35.5. The summed E-state index contributed by atoms with van der Waals surface area (Å²) in [5.74, 6) is 0.447. The van der Waals surface area contributed by atoms with Crippen LogP contribution in [0.2, 0.25) is 5.02 Å². The minimum atomic E-state index is -0.424. The van der Waals surface area contributed by atoms with Crippen LogP contribution in [0.4, 0.5) is 0 Å². The Bertz CT molecular complexity index is 1080. The summed E-state index contributed by atoms with van der Waals surface area (Å²) in [7, 11) is 0. The van der Waals surface area contributed by atoms with E-state index in [1.165, 1.54) is 4.57 Å². The maximum absolute atomic E-state index is 12.8. The van der Waals surface area contributed by atoms with Gasteiger partial charge in [-0.2, -0.15) is 4.98 Å². The number of amides is 1. The van der Waals surface area contributed by atoms with E-state index < -0.39 is 5.69 Å². The van der Waals surface area contributed by atoms with Crippen LogP contribution in [0, 0.1) is 5.92 Å². The van der Waals surface area contributed by atoms with E-state index in [9.17, 15) is 9.59 Å². The number of nitrogens with zero attached hydrogens (tertiary/aromatic N) is 3. The lowest BCUT2D eigenvalue weighted by Crippen LogP contribution is -2.42. The molecule has 2 heterocycles. The van der Waals surface area contributed by atoms with Gasteiger partial charge in [-0.1, -0.05) is 48.9 Å². The summed E-state index contributed by atoms with van der Waals surface area (Å²) >= 11 is 6.22. The molecule has 1 amide bonds. The van der Waals surface area contributed by atoms with Crippen molar-refractivity contribution in [1.82, 2.24) is 14.5 Å². The first kappa shape index (κ1) is 18.7. The van der Waals surface area contributed by atoms with Crippen LogP contribution in [-0.2, 0) is 11.3 Å². The fourth-order valence-corrected chi connectivity index (χ4v) is 4.04. The van der Waals surface area contributed by atoms with Gasteiger partial charge in [0.25, 0.3) is 0 Å². The van der Waals surface area contributed by atoms with Crippen molar-refractivity contribution in [3.63, 3.8) is 0 Å². The second-order valence-electron chi connectivity index (χ2n) is 7.44. The molecule has 3 aromatic rings. The van der Waals surface area contributed by atoms with Gasteiger partial charge in [-0.25, -0.2) is 4.79 Å². The van der Waals surface area contributed by atoms with Crippen molar-refractivity contribution >= 4 is 28.4 Å². The molecule has 1 aromatic heterocycles. The number of halogens is 1. The van der Waals surface area contributed by atoms with E-state index in [1.807, 2.05) is 35.2 Å². The van der Waals surface area contributed by atoms with E-state index in [2.05, 4.69) is 11.9 Å². The number of carbonyl (C=O) groups excluding carboxylic acids is 1. The summed E-state index contributed by atoms with van der Waals surface area (Å²) in [5.41, 5.74) is 1.67. The SMILES string of the molecule is C[C@H]1CCCN(C(=O)Cn2c(=O)nc(-c3ccccc3)c3cc(Cl)ccc32)C1. The molecular weight excluding hydrogens is 374 g/mol. The zero-order valence-corrected chi connectivity index (χ0v) is 16.5. The van der Waals surface area contributed by atoms with Crippen molar-refractivity contribution in [2.75, 3.05) is 13.1 Å². The predicted octanol–water partition coefficient (Wildman–Crippen LogP) is 3.98. The van der Waals surface area contributed by atoms with Gasteiger partial charge in [0.15, 0.2) is 0 Å². The molecule has 0 spiro atoms. The molecule has 144 valence electrons. The molecule has 5 nitrogen and oxygen atoms in total. The molecule has 1 aliphatic rings. The van der Waals surface area contributed by atoms with Crippen LogP contribution in [0.25, 0.3) is 22.2 Å². The largest absolute Gasteiger partial charge is 0.349 e. The van der Waals surface area contributed by atoms with Gasteiger partial charge in [0, 0.05) is 29.1 Å². The van der Waals surface area contributed by atoms with Crippen molar-refractivity contribution in [3.8, 4) is 11.3 Å². The number of benzene rings is 2. The van der Waals surface area contributed by atoms with Gasteiger partial charge in [0.05, 0.1) is 11.2 Å². The third-order valence-corrected chi connectivity index (χ3v) is 5.53. The highest BCUT2D eigenvalue weighted by Gasteiger charge is 2.22. The number of piperidine rings is 1. The first-order chi connectivity index (χ1) is 13.5. The van der Waals surface area contributed by atoms with Crippen LogP contribution >= 0.6 is 11.6 Å². The number of rotatable bonds is 3. The van der Waals surface area contributed by atoms with Gasteiger partial charge in [-0.05, 0) is 37.0 Å². The molecule has 0 saturated carbocycles. The minimum absolute atomic E-state index is 0.00818. The molecule has 2 aromatic carbocycles. The lowest BCUT2D eigenvalue weighted by Gasteiger charge is -2.31. The standard InChI is InChI=1S/C22H22ClN3O2/c1-15-6-5-11-25(13-15)20(27)14-26-19-10-9-17(23)12-18(19)21(24-22(26)28)16-7-3-2-4-8-16/h2-4,7-10,12,15H,5-6,11,13-14H2,1H3/t15-/m0/s1. The zero-order valence-electron chi connectivity index (χ0n) is 15.8. The van der Waals surface area contributed by atoms with Gasteiger partial charge in [0.1, 0.15) is 6.54 Å². The smallest absolute Gasteiger partial charge is 0.341 e. The molecule has 1 fully saturated rings. The summed E-state index contributed by atoms with van der Waals surface area (Å²) in [6.45, 7) is 3.63. The molecule has 1 saturated heterocycles. The first-order valence-electron chi connectivity index (χ1n) is 9.56. The number of hydrogen-bond donors (Lipinski definition) is 0. The fourth-order valence-electron chi connectivity index (χ4n) is 3.87. The molecular formula is C22H22ClN3O2. The van der Waals surface area contributed by atoms with Crippen LogP contribution in [0.3, 0.4) is 0 Å². The molecule has 0 unspecified atom stereocenters. The average Bonchev–Trinajstić information content (AvgIpc) is 2.70. The molecule has 4 rings (SSSR count). The van der Waals surface area contributed by atoms with Crippen LogP contribution in [0.1, 0.15) is 19.8 Å². The van der Waals surface area contributed by atoms with Crippen molar-refractivity contribution in [3.05, 3.63) is 64.0 Å². The Kier molecular flexibility index (Phi) is 5.18. The average molecular weight is 396 g/mol. The van der Waals surface area contributed by atoms with Crippen molar-refractivity contribution in [2.45, 2.75) is 26.3 Å². The molecule has 1 atom stereocenters. The van der Waals surface area contributed by atoms with Crippen LogP contribution in [0.15, 0.2) is 53.3 Å². The highest BCUT2D eigenvalue weighted by Crippen LogP contribution is 2.28. The Hall–Kier alpha value is -2.66. The Labute approximate surface area is 168 Å². The summed E-state index contributed by atoms with van der Waals surface area (Å²) in [4.78, 5) is 31.8. The third-order valence-electron chi connectivity index (χ3n) is 5.29. The van der Waals surface area contributed by atoms with E-state index in [-0.39, 0.29) is 12.5 Å². The van der Waals surface area contributed by atoms with Crippen molar-refractivity contribution < 1.29 is 4.79 Å². The first-order valence-corrected chi connectivity index (χ1v) is 9.94. The van der Waals surface area contributed by atoms with E-state index in [4.69, 9.17) is 11.6 Å². The summed E-state index contributed by atoms with van der Waals surface area (Å²) < 4.78 is 1.46. The van der Waals surface area contributed by atoms with E-state index >= 15 is 0 Å². The number of carbonyl (C=O) groups is 1. The van der Waals surface area contributed by atoms with Gasteiger partial charge in [0.2, 0.25) is 5.91 Å². The van der Waals surface area contributed by atoms with E-state index in [1.54, 1.807) is 18.2 Å². The Morgan fingerprint density at radius 3 is 2.75 bits per heavy atom. The lowest BCUT2D eigenvalue weighted by atomic mass is 10.0. The summed E-state index contributed by atoms with van der Waals surface area (Å²) in [5, 5.41) is 1.32. The molecule has 0 aliphatic carbocycles. The van der Waals surface area contributed by atoms with Gasteiger partial charge in [-0.15, -0.1) is 0 Å². The quantitative estimate of drug-likeness (QED) is 0.674. The molecule has 1 aliphatic heterocycles. The topological polar surface area (TPSA) is 55.2 Å². The van der Waals surface area contributed by atoms with E-state index in [0.29, 0.717) is 22.2 Å². The normalized spacial score (nSPS) is 17.1. The monoisotopic (exact) mass is 395 g/mol. The second kappa shape index (κ2) is 7.76. The van der Waals surface area contributed by atoms with Crippen LogP contribution in [-0.4, -0.2) is 33.4 Å². The number of likely N-dealkylation sites (tertiary alicyclic amines) is 1. The Morgan fingerprint density at radius 1 is 1.21 bits per heavy atom. The van der Waals surface area contributed by atoms with Crippen molar-refractivity contribution in [2.24, 2.45) is 5.92 Å². The number of hydrogen-bond acceptors (Lipinski definition) is 3. The number of fused-ring (bicyclic) bond motifs is 1. The second-order valence-corrected chi connectivity index (χ2v) is 7.88. The molecule has 6 heteroatoms. The summed E-state index contributed by atoms with van der Waals surface area (Å²) in [6, 6.07) is 14.9. The fraction of sp³-hybridized carbons (Fsp3) is 0.318. The zero-order chi connectivity index (χ0) is 19.7. The van der Waals surface area contributed by atoms with Gasteiger partial charge >= 0.3 is 5.69 Å². The Balaban J connectivity index is 1.78. The van der Waals surface area contributed by atoms with Gasteiger partial charge < -0.3 is 4.90 Å². The highest BCUT2D eigenvalue weighted by molar-refractivity contribution is 6.31. The molecule has 0 bridgehead atoms. The molecule has 0 radical (unpaired) electrons.